The zero-order valence-corrected chi connectivity index (χ0v) is 9.72. The third kappa shape index (κ3) is 3.03. The van der Waals surface area contributed by atoms with Gasteiger partial charge in [-0.2, -0.15) is 0 Å². The fourth-order valence-corrected chi connectivity index (χ4v) is 1.80. The molecule has 90 valence electrons. The number of aryl methyl sites for hydroxylation is 2. The summed E-state index contributed by atoms with van der Waals surface area (Å²) in [6.07, 6.45) is 1.38. The van der Waals surface area contributed by atoms with E-state index in [1.165, 1.54) is 22.6 Å². The Kier molecular flexibility index (Phi) is 3.38. The average molecular weight is 255 g/mol. The molecule has 0 amide bonds. The van der Waals surface area contributed by atoms with Crippen LogP contribution in [-0.2, 0) is 6.54 Å². The van der Waals surface area contributed by atoms with Gasteiger partial charge in [0, 0.05) is 12.7 Å². The number of carbonyl (C=O) groups is 1. The summed E-state index contributed by atoms with van der Waals surface area (Å²) in [4.78, 5) is 10.6. The lowest BCUT2D eigenvalue weighted by Crippen LogP contribution is -2.01. The van der Waals surface area contributed by atoms with Gasteiger partial charge in [0.2, 0.25) is 5.89 Å². The maximum absolute atomic E-state index is 10.6. The molecular weight excluding hydrogens is 246 g/mol. The molecule has 17 heavy (non-hydrogen) atoms. The number of rotatable bonds is 5. The van der Waals surface area contributed by atoms with Crippen molar-refractivity contribution in [2.24, 2.45) is 0 Å². The van der Waals surface area contributed by atoms with Crippen LogP contribution in [0.5, 0.6) is 0 Å². The van der Waals surface area contributed by atoms with E-state index < -0.39 is 5.97 Å². The van der Waals surface area contributed by atoms with Crippen LogP contribution in [0, 0.1) is 6.92 Å². The number of hydrogen-bond acceptors (Lipinski definition) is 7. The van der Waals surface area contributed by atoms with Gasteiger partial charge in [-0.1, -0.05) is 17.0 Å². The number of hydrogen-bond donors (Lipinski definition) is 1. The highest BCUT2D eigenvalue weighted by atomic mass is 32.2. The summed E-state index contributed by atoms with van der Waals surface area (Å²) < 4.78 is 6.62. The average Bonchev–Trinajstić information content (AvgIpc) is 2.88. The second kappa shape index (κ2) is 4.95. The van der Waals surface area contributed by atoms with Crippen molar-refractivity contribution in [1.29, 1.82) is 0 Å². The Balaban J connectivity index is 1.83. The lowest BCUT2D eigenvalue weighted by Gasteiger charge is -1.96. The van der Waals surface area contributed by atoms with Gasteiger partial charge >= 0.3 is 5.97 Å². The first-order valence-electron chi connectivity index (χ1n) is 4.71. The summed E-state index contributed by atoms with van der Waals surface area (Å²) in [5.41, 5.74) is -0.0661. The van der Waals surface area contributed by atoms with Gasteiger partial charge in [-0.3, -0.25) is 4.68 Å². The summed E-state index contributed by atoms with van der Waals surface area (Å²) in [5, 5.41) is 23.8. The van der Waals surface area contributed by atoms with Gasteiger partial charge in [-0.15, -0.1) is 15.3 Å². The van der Waals surface area contributed by atoms with Crippen LogP contribution in [0.3, 0.4) is 0 Å². The molecule has 0 radical (unpaired) electrons. The van der Waals surface area contributed by atoms with Crippen molar-refractivity contribution in [2.75, 3.05) is 5.75 Å². The molecule has 0 aliphatic carbocycles. The Labute approximate surface area is 100 Å². The van der Waals surface area contributed by atoms with E-state index in [0.717, 1.165) is 0 Å². The van der Waals surface area contributed by atoms with E-state index in [1.54, 1.807) is 6.92 Å². The molecule has 2 heterocycles. The van der Waals surface area contributed by atoms with Crippen LogP contribution >= 0.6 is 11.8 Å². The van der Waals surface area contributed by atoms with Crippen LogP contribution in [0.1, 0.15) is 16.4 Å². The Morgan fingerprint density at radius 1 is 1.53 bits per heavy atom. The predicted octanol–water partition coefficient (Wildman–Crippen LogP) is 0.460. The molecule has 1 N–H and O–H groups in total. The number of aromatic carboxylic acids is 1. The van der Waals surface area contributed by atoms with Crippen molar-refractivity contribution in [3.8, 4) is 0 Å². The van der Waals surface area contributed by atoms with Gasteiger partial charge in [0.15, 0.2) is 5.69 Å². The zero-order valence-electron chi connectivity index (χ0n) is 8.90. The van der Waals surface area contributed by atoms with E-state index in [0.29, 0.717) is 23.4 Å². The Bertz CT molecular complexity index is 523. The minimum atomic E-state index is -1.09. The predicted molar refractivity (Wildman–Crippen MR) is 56.7 cm³/mol. The van der Waals surface area contributed by atoms with E-state index in [-0.39, 0.29) is 5.69 Å². The topological polar surface area (TPSA) is 107 Å². The third-order valence-corrected chi connectivity index (χ3v) is 2.61. The number of carboxylic acid groups (broad SMARTS) is 1. The monoisotopic (exact) mass is 255 g/mol. The van der Waals surface area contributed by atoms with Crippen LogP contribution in [0.15, 0.2) is 15.8 Å². The summed E-state index contributed by atoms with van der Waals surface area (Å²) in [7, 11) is 0. The van der Waals surface area contributed by atoms with Crippen molar-refractivity contribution in [2.45, 2.75) is 18.7 Å². The summed E-state index contributed by atoms with van der Waals surface area (Å²) in [5.74, 6) is 0.0715. The number of carboxylic acids is 1. The second-order valence-electron chi connectivity index (χ2n) is 3.11. The van der Waals surface area contributed by atoms with Gasteiger partial charge in [-0.05, 0) is 0 Å². The normalized spacial score (nSPS) is 10.6. The highest BCUT2D eigenvalue weighted by Gasteiger charge is 2.08. The molecule has 2 aromatic rings. The number of nitrogens with zero attached hydrogens (tertiary/aromatic N) is 5. The second-order valence-corrected chi connectivity index (χ2v) is 4.15. The van der Waals surface area contributed by atoms with Gasteiger partial charge in [0.25, 0.3) is 5.22 Å². The van der Waals surface area contributed by atoms with Crippen LogP contribution in [-0.4, -0.2) is 42.0 Å². The van der Waals surface area contributed by atoms with Crippen LogP contribution in [0.2, 0.25) is 0 Å². The van der Waals surface area contributed by atoms with Crippen molar-refractivity contribution in [3.63, 3.8) is 0 Å². The van der Waals surface area contributed by atoms with Crippen LogP contribution in [0.25, 0.3) is 0 Å². The molecule has 0 atom stereocenters. The molecule has 2 rings (SSSR count). The molecule has 0 saturated heterocycles. The van der Waals surface area contributed by atoms with Gasteiger partial charge in [-0.25, -0.2) is 4.79 Å². The minimum absolute atomic E-state index is 0.0661. The van der Waals surface area contributed by atoms with E-state index in [9.17, 15) is 4.79 Å². The molecule has 0 unspecified atom stereocenters. The highest BCUT2D eigenvalue weighted by molar-refractivity contribution is 7.99. The van der Waals surface area contributed by atoms with Crippen LogP contribution < -0.4 is 0 Å². The van der Waals surface area contributed by atoms with Crippen molar-refractivity contribution >= 4 is 17.7 Å². The molecule has 9 heteroatoms. The number of aromatic nitrogens is 5. The fraction of sp³-hybridized carbons (Fsp3) is 0.375. The molecule has 0 fully saturated rings. The Hall–Kier alpha value is -1.90. The Morgan fingerprint density at radius 2 is 2.35 bits per heavy atom. The van der Waals surface area contributed by atoms with Gasteiger partial charge < -0.3 is 9.52 Å². The smallest absolute Gasteiger partial charge is 0.358 e. The molecule has 0 bridgehead atoms. The SMILES string of the molecule is Cc1nnc(SCCn2cc(C(=O)O)nn2)o1. The standard InChI is InChI=1S/C8H9N5O3S/c1-5-9-11-8(16-5)17-3-2-13-4-6(7(14)15)10-12-13/h4H,2-3H2,1H3,(H,14,15). The lowest BCUT2D eigenvalue weighted by molar-refractivity contribution is 0.0690. The van der Waals surface area contributed by atoms with Gasteiger partial charge in [0.1, 0.15) is 0 Å². The molecule has 2 aromatic heterocycles. The molecule has 0 spiro atoms. The maximum atomic E-state index is 10.6. The molecule has 8 nitrogen and oxygen atoms in total. The maximum Gasteiger partial charge on any atom is 0.358 e. The van der Waals surface area contributed by atoms with Crippen molar-refractivity contribution in [3.05, 3.63) is 17.8 Å². The minimum Gasteiger partial charge on any atom is -0.476 e. The van der Waals surface area contributed by atoms with Crippen molar-refractivity contribution in [1.82, 2.24) is 25.2 Å². The van der Waals surface area contributed by atoms with Gasteiger partial charge in [0.05, 0.1) is 12.7 Å². The molecule has 0 aliphatic heterocycles. The highest BCUT2D eigenvalue weighted by Crippen LogP contribution is 2.15. The largest absolute Gasteiger partial charge is 0.476 e. The quantitative estimate of drug-likeness (QED) is 0.768. The summed E-state index contributed by atoms with van der Waals surface area (Å²) in [6, 6.07) is 0. The van der Waals surface area contributed by atoms with E-state index >= 15 is 0 Å². The molecule has 0 saturated carbocycles. The number of thioether (sulfide) groups is 1. The fourth-order valence-electron chi connectivity index (χ4n) is 1.07. The van der Waals surface area contributed by atoms with Crippen LogP contribution in [0.4, 0.5) is 0 Å². The van der Waals surface area contributed by atoms with E-state index in [2.05, 4.69) is 20.5 Å². The first-order chi connectivity index (χ1) is 8.15. The van der Waals surface area contributed by atoms with E-state index in [1.807, 2.05) is 0 Å². The molecular formula is C8H9N5O3S. The summed E-state index contributed by atoms with van der Waals surface area (Å²) in [6.45, 7) is 2.24. The molecule has 0 aromatic carbocycles. The lowest BCUT2D eigenvalue weighted by atomic mass is 10.5. The van der Waals surface area contributed by atoms with Crippen molar-refractivity contribution < 1.29 is 14.3 Å². The summed E-state index contributed by atoms with van der Waals surface area (Å²) >= 11 is 1.38. The first-order valence-corrected chi connectivity index (χ1v) is 5.70. The Morgan fingerprint density at radius 3 is 2.94 bits per heavy atom. The molecule has 0 aliphatic rings. The van der Waals surface area contributed by atoms with E-state index in [4.69, 9.17) is 9.52 Å². The third-order valence-electron chi connectivity index (χ3n) is 1.81. The zero-order chi connectivity index (χ0) is 12.3. The first kappa shape index (κ1) is 11.6.